The summed E-state index contributed by atoms with van der Waals surface area (Å²) in [6.45, 7) is 4.35. The largest absolute Gasteiger partial charge is 0.0631 e. The zero-order chi connectivity index (χ0) is 4.28. The Morgan fingerprint density at radius 1 is 1.60 bits per heavy atom. The summed E-state index contributed by atoms with van der Waals surface area (Å²) < 4.78 is 0. The molecule has 0 aromatic carbocycles. The van der Waals surface area contributed by atoms with Crippen molar-refractivity contribution >= 4 is 10.2 Å². The maximum Gasteiger partial charge on any atom is 0.0224 e. The van der Waals surface area contributed by atoms with Gasteiger partial charge in [-0.25, -0.2) is 0 Å². The maximum absolute atomic E-state index is 3.35. The van der Waals surface area contributed by atoms with E-state index in [1.807, 2.05) is 0 Å². The summed E-state index contributed by atoms with van der Waals surface area (Å²) >= 11 is 0. The molecule has 0 rings (SSSR count). The lowest BCUT2D eigenvalue weighted by Gasteiger charge is -1.90. The van der Waals surface area contributed by atoms with Crippen molar-refractivity contribution in [3.63, 3.8) is 0 Å². The van der Waals surface area contributed by atoms with Gasteiger partial charge in [0.1, 0.15) is 0 Å². The summed E-state index contributed by atoms with van der Waals surface area (Å²) in [5.74, 6) is 0.798. The van der Waals surface area contributed by atoms with Crippen molar-refractivity contribution in [1.82, 2.24) is 0 Å². The average Bonchev–Trinajstić information content (AvgIpc) is 1.38. The van der Waals surface area contributed by atoms with Crippen LogP contribution < -0.4 is 0 Å². The molecule has 0 aliphatic carbocycles. The van der Waals surface area contributed by atoms with Crippen LogP contribution in [0.1, 0.15) is 13.8 Å². The standard InChI is InChI=1S/C4H9Si/c1-4(2)3-5/h4H,3H2,1-2H3. The molecule has 5 heavy (non-hydrogen) atoms. The summed E-state index contributed by atoms with van der Waals surface area (Å²) in [7, 11) is 3.35. The van der Waals surface area contributed by atoms with E-state index in [9.17, 15) is 0 Å². The zero-order valence-corrected chi connectivity index (χ0v) is 4.78. The van der Waals surface area contributed by atoms with Crippen molar-refractivity contribution < 1.29 is 0 Å². The fourth-order valence-electron chi connectivity index (χ4n) is 0. The highest BCUT2D eigenvalue weighted by Gasteiger charge is 1.80. The Morgan fingerprint density at radius 3 is 1.80 bits per heavy atom. The normalized spacial score (nSPS) is 9.60. The first-order valence-corrected chi connectivity index (χ1v) is 2.62. The minimum absolute atomic E-state index is 0.798. The van der Waals surface area contributed by atoms with E-state index in [0.717, 1.165) is 12.0 Å². The first-order chi connectivity index (χ1) is 2.27. The molecule has 0 N–H and O–H groups in total. The van der Waals surface area contributed by atoms with Gasteiger partial charge in [0.15, 0.2) is 0 Å². The quantitative estimate of drug-likeness (QED) is 0.420. The Hall–Kier alpha value is 0.217. The Morgan fingerprint density at radius 2 is 1.80 bits per heavy atom. The second kappa shape index (κ2) is 2.45. The molecule has 0 saturated carbocycles. The fraction of sp³-hybridized carbons (Fsp3) is 1.00. The summed E-state index contributed by atoms with van der Waals surface area (Å²) in [6, 6.07) is 1.11. The summed E-state index contributed by atoms with van der Waals surface area (Å²) in [5, 5.41) is 0. The van der Waals surface area contributed by atoms with Crippen LogP contribution >= 0.6 is 0 Å². The van der Waals surface area contributed by atoms with Crippen LogP contribution in [0.25, 0.3) is 0 Å². The van der Waals surface area contributed by atoms with E-state index in [4.69, 9.17) is 0 Å². The predicted octanol–water partition coefficient (Wildman–Crippen LogP) is 1.23. The number of hydrogen-bond acceptors (Lipinski definition) is 0. The van der Waals surface area contributed by atoms with Gasteiger partial charge in [0, 0.05) is 10.2 Å². The molecule has 0 nitrogen and oxygen atoms in total. The van der Waals surface area contributed by atoms with Crippen LogP contribution in [-0.4, -0.2) is 10.2 Å². The summed E-state index contributed by atoms with van der Waals surface area (Å²) in [4.78, 5) is 0. The third-order valence-corrected chi connectivity index (χ3v) is 1.22. The van der Waals surface area contributed by atoms with Crippen molar-refractivity contribution in [2.45, 2.75) is 19.9 Å². The fourth-order valence-corrected chi connectivity index (χ4v) is 0. The molecule has 3 radical (unpaired) electrons. The molecule has 0 spiro atoms. The lowest BCUT2D eigenvalue weighted by Crippen LogP contribution is -1.80. The van der Waals surface area contributed by atoms with Crippen molar-refractivity contribution in [3.05, 3.63) is 0 Å². The minimum Gasteiger partial charge on any atom is -0.0631 e. The highest BCUT2D eigenvalue weighted by atomic mass is 28.1. The third-order valence-electron chi connectivity index (χ3n) is 0.408. The molecular weight excluding hydrogens is 76.1 g/mol. The van der Waals surface area contributed by atoms with Gasteiger partial charge in [0.05, 0.1) is 0 Å². The van der Waals surface area contributed by atoms with E-state index in [-0.39, 0.29) is 0 Å². The molecule has 0 aliphatic rings. The second-order valence-electron chi connectivity index (χ2n) is 1.60. The van der Waals surface area contributed by atoms with Gasteiger partial charge in [-0.05, 0) is 0 Å². The van der Waals surface area contributed by atoms with Gasteiger partial charge in [-0.1, -0.05) is 25.8 Å². The van der Waals surface area contributed by atoms with Crippen molar-refractivity contribution in [1.29, 1.82) is 0 Å². The topological polar surface area (TPSA) is 0 Å². The molecular formula is C4H9Si. The third kappa shape index (κ3) is 4.22. The second-order valence-corrected chi connectivity index (χ2v) is 2.01. The molecule has 0 unspecified atom stereocenters. The Bertz CT molecular complexity index is 17.6. The lowest BCUT2D eigenvalue weighted by atomic mass is 10.3. The Balaban J connectivity index is 2.54. The van der Waals surface area contributed by atoms with Gasteiger partial charge >= 0.3 is 0 Å². The summed E-state index contributed by atoms with van der Waals surface area (Å²) in [6.07, 6.45) is 0. The van der Waals surface area contributed by atoms with Gasteiger partial charge in [0.25, 0.3) is 0 Å². The van der Waals surface area contributed by atoms with E-state index >= 15 is 0 Å². The first-order valence-electron chi connectivity index (χ1n) is 1.92. The van der Waals surface area contributed by atoms with Gasteiger partial charge in [-0.3, -0.25) is 0 Å². The highest BCUT2D eigenvalue weighted by molar-refractivity contribution is 6.08. The van der Waals surface area contributed by atoms with Crippen LogP contribution in [0.5, 0.6) is 0 Å². The molecule has 0 saturated heterocycles. The lowest BCUT2D eigenvalue weighted by molar-refractivity contribution is 0.735. The van der Waals surface area contributed by atoms with Gasteiger partial charge in [-0.15, -0.1) is 0 Å². The molecule has 0 bridgehead atoms. The predicted molar refractivity (Wildman–Crippen MR) is 25.4 cm³/mol. The van der Waals surface area contributed by atoms with E-state index in [1.54, 1.807) is 0 Å². The van der Waals surface area contributed by atoms with E-state index in [2.05, 4.69) is 24.1 Å². The van der Waals surface area contributed by atoms with Crippen LogP contribution in [0.15, 0.2) is 0 Å². The molecule has 0 heterocycles. The zero-order valence-electron chi connectivity index (χ0n) is 3.78. The molecule has 0 aliphatic heterocycles. The van der Waals surface area contributed by atoms with Crippen molar-refractivity contribution in [2.24, 2.45) is 5.92 Å². The van der Waals surface area contributed by atoms with Crippen molar-refractivity contribution in [2.75, 3.05) is 0 Å². The molecule has 0 aromatic heterocycles. The van der Waals surface area contributed by atoms with Crippen LogP contribution in [0.4, 0.5) is 0 Å². The molecule has 0 fully saturated rings. The SMILES string of the molecule is CC(C)C[Si]. The van der Waals surface area contributed by atoms with Crippen LogP contribution in [0, 0.1) is 5.92 Å². The molecule has 29 valence electrons. The molecule has 0 amide bonds. The maximum atomic E-state index is 3.35. The number of hydrogen-bond donors (Lipinski definition) is 0. The van der Waals surface area contributed by atoms with E-state index < -0.39 is 0 Å². The van der Waals surface area contributed by atoms with Gasteiger partial charge in [-0.2, -0.15) is 0 Å². The smallest absolute Gasteiger partial charge is 0.0224 e. The monoisotopic (exact) mass is 85.0 g/mol. The van der Waals surface area contributed by atoms with Gasteiger partial charge < -0.3 is 0 Å². The molecule has 1 heteroatoms. The Kier molecular flexibility index (Phi) is 2.56. The Labute approximate surface area is 37.0 Å². The number of rotatable bonds is 1. The average molecular weight is 85.2 g/mol. The van der Waals surface area contributed by atoms with E-state index in [0.29, 0.717) is 0 Å². The van der Waals surface area contributed by atoms with Crippen LogP contribution in [-0.2, 0) is 0 Å². The molecule has 0 aromatic rings. The van der Waals surface area contributed by atoms with Crippen LogP contribution in [0.2, 0.25) is 6.04 Å². The summed E-state index contributed by atoms with van der Waals surface area (Å²) in [5.41, 5.74) is 0. The molecule has 0 atom stereocenters. The highest BCUT2D eigenvalue weighted by Crippen LogP contribution is 1.92. The van der Waals surface area contributed by atoms with E-state index in [1.165, 1.54) is 0 Å². The van der Waals surface area contributed by atoms with Gasteiger partial charge in [0.2, 0.25) is 0 Å². The minimum atomic E-state index is 0.798. The first kappa shape index (κ1) is 5.22. The van der Waals surface area contributed by atoms with Crippen LogP contribution in [0.3, 0.4) is 0 Å². The van der Waals surface area contributed by atoms with Crippen molar-refractivity contribution in [3.8, 4) is 0 Å².